The summed E-state index contributed by atoms with van der Waals surface area (Å²) >= 11 is 0. The molecule has 0 aromatic heterocycles. The van der Waals surface area contributed by atoms with E-state index in [1.807, 2.05) is 32.1 Å². The van der Waals surface area contributed by atoms with Gasteiger partial charge in [-0.15, -0.1) is 0 Å². The van der Waals surface area contributed by atoms with Gasteiger partial charge in [-0.05, 0) is 111 Å². The van der Waals surface area contributed by atoms with Crippen molar-refractivity contribution < 1.29 is 17.1 Å². The molecule has 2 aliphatic rings. The van der Waals surface area contributed by atoms with Crippen LogP contribution in [0.4, 0.5) is 0 Å². The zero-order valence-corrected chi connectivity index (χ0v) is 28.2. The van der Waals surface area contributed by atoms with Gasteiger partial charge in [-0.2, -0.15) is 0 Å². The maximum atomic E-state index is 2.42. The van der Waals surface area contributed by atoms with Gasteiger partial charge in [-0.1, -0.05) is 153 Å². The number of rotatable bonds is 8. The zero-order chi connectivity index (χ0) is 30.0. The SMILES string of the molecule is C[C@@H]([C]1[CH][CH][CH][C]1c1ccccc1P(c1ccccc1)c1ccccc1)P(c1ccccc1)c1ccccc1.[CH]1[CH][CH][CH][CH]1.[Fe+2]. The molecule has 0 aliphatic heterocycles. The minimum absolute atomic E-state index is 0. The average Bonchev–Trinajstić information content (AvgIpc) is 3.84. The standard InChI is InChI=1S/C37H31P2.C5H5.Fe/c1-29(38(30-17-6-2-7-18-30)31-19-8-3-9-20-31)34-26-16-27-35(34)36-25-14-15-28-37(36)39(32-21-10-4-11-22-32)33-23-12-5-13-24-33;1-2-4-5-3-1;/h2-29H,1H3;1-5H;/q;;+2/t29-;;/m0../s1. The predicted molar refractivity (Wildman–Crippen MR) is 194 cm³/mol. The van der Waals surface area contributed by atoms with Gasteiger partial charge in [-0.25, -0.2) is 0 Å². The van der Waals surface area contributed by atoms with Gasteiger partial charge < -0.3 is 0 Å². The summed E-state index contributed by atoms with van der Waals surface area (Å²) in [7, 11) is -1.28. The molecule has 45 heavy (non-hydrogen) atoms. The summed E-state index contributed by atoms with van der Waals surface area (Å²) < 4.78 is 0. The Balaban J connectivity index is 0.000000609. The summed E-state index contributed by atoms with van der Waals surface area (Å²) in [6, 6.07) is 53.2. The van der Waals surface area contributed by atoms with Crippen LogP contribution < -0.4 is 26.5 Å². The maximum absolute atomic E-state index is 2.42. The normalized spacial score (nSPS) is 15.8. The third-order valence-corrected chi connectivity index (χ3v) is 13.0. The van der Waals surface area contributed by atoms with Crippen molar-refractivity contribution >= 4 is 42.4 Å². The van der Waals surface area contributed by atoms with Crippen LogP contribution in [0, 0.1) is 63.2 Å². The van der Waals surface area contributed by atoms with Crippen molar-refractivity contribution in [3.8, 4) is 0 Å². The molecule has 2 saturated carbocycles. The number of hydrogen-bond donors (Lipinski definition) is 0. The third kappa shape index (κ3) is 8.45. The summed E-state index contributed by atoms with van der Waals surface area (Å²) in [4.78, 5) is 0. The van der Waals surface area contributed by atoms with E-state index >= 15 is 0 Å². The van der Waals surface area contributed by atoms with E-state index in [1.54, 1.807) is 0 Å². The maximum Gasteiger partial charge on any atom is 2.00 e. The molecule has 3 heteroatoms. The fourth-order valence-electron chi connectivity index (χ4n) is 5.75. The first-order valence-electron chi connectivity index (χ1n) is 15.1. The minimum atomic E-state index is -0.701. The van der Waals surface area contributed by atoms with E-state index in [0.29, 0.717) is 5.66 Å². The van der Waals surface area contributed by atoms with Crippen LogP contribution in [-0.2, 0) is 17.1 Å². The molecule has 0 N–H and O–H groups in total. The molecular formula is C42H36FeP2+2. The van der Waals surface area contributed by atoms with Gasteiger partial charge in [-0.3, -0.25) is 0 Å². The average molecular weight is 659 g/mol. The van der Waals surface area contributed by atoms with E-state index in [1.165, 1.54) is 43.9 Å². The fourth-order valence-corrected chi connectivity index (χ4v) is 10.9. The quantitative estimate of drug-likeness (QED) is 0.117. The smallest absolute Gasteiger partial charge is 0.0622 e. The van der Waals surface area contributed by atoms with Crippen LogP contribution in [0.2, 0.25) is 0 Å². The first-order chi connectivity index (χ1) is 21.8. The van der Waals surface area contributed by atoms with Crippen LogP contribution >= 0.6 is 15.8 Å². The van der Waals surface area contributed by atoms with Crippen LogP contribution in [0.25, 0.3) is 0 Å². The van der Waals surface area contributed by atoms with Crippen LogP contribution in [0.5, 0.6) is 0 Å². The molecule has 0 nitrogen and oxygen atoms in total. The van der Waals surface area contributed by atoms with Crippen molar-refractivity contribution in [1.29, 1.82) is 0 Å². The van der Waals surface area contributed by atoms with E-state index in [-0.39, 0.29) is 17.1 Å². The van der Waals surface area contributed by atoms with Gasteiger partial charge in [0.25, 0.3) is 0 Å². The Labute approximate surface area is 285 Å². The second kappa shape index (κ2) is 17.4. The minimum Gasteiger partial charge on any atom is -0.0622 e. The van der Waals surface area contributed by atoms with E-state index in [0.717, 1.165) is 0 Å². The molecule has 1 atom stereocenters. The van der Waals surface area contributed by atoms with Gasteiger partial charge >= 0.3 is 17.1 Å². The summed E-state index contributed by atoms with van der Waals surface area (Å²) in [5, 5.41) is 7.00. The molecule has 0 heterocycles. The number of benzene rings is 5. The predicted octanol–water partition coefficient (Wildman–Crippen LogP) is 8.11. The van der Waals surface area contributed by atoms with Crippen molar-refractivity contribution in [2.75, 3.05) is 0 Å². The first-order valence-corrected chi connectivity index (χ1v) is 17.9. The Morgan fingerprint density at radius 1 is 0.422 bits per heavy atom. The summed E-state index contributed by atoms with van der Waals surface area (Å²) in [6.07, 6.45) is 16.9. The Morgan fingerprint density at radius 2 is 0.822 bits per heavy atom. The van der Waals surface area contributed by atoms with Crippen LogP contribution in [0.15, 0.2) is 146 Å². The topological polar surface area (TPSA) is 0 Å². The molecular weight excluding hydrogens is 622 g/mol. The van der Waals surface area contributed by atoms with Gasteiger partial charge in [0.15, 0.2) is 0 Å². The largest absolute Gasteiger partial charge is 2.00 e. The summed E-state index contributed by atoms with van der Waals surface area (Å²) in [6.45, 7) is 2.42. The van der Waals surface area contributed by atoms with Crippen LogP contribution in [0.1, 0.15) is 12.5 Å². The van der Waals surface area contributed by atoms with Crippen molar-refractivity contribution in [3.63, 3.8) is 0 Å². The fraction of sp³-hybridized carbons (Fsp3) is 0.0476. The van der Waals surface area contributed by atoms with Crippen LogP contribution in [0.3, 0.4) is 0 Å². The van der Waals surface area contributed by atoms with E-state index in [4.69, 9.17) is 0 Å². The zero-order valence-electron chi connectivity index (χ0n) is 25.3. The van der Waals surface area contributed by atoms with E-state index in [2.05, 4.69) is 172 Å². The van der Waals surface area contributed by atoms with Crippen molar-refractivity contribution in [2.45, 2.75) is 12.6 Å². The molecule has 7 rings (SSSR count). The molecule has 220 valence electrons. The first kappa shape index (κ1) is 33.8. The second-order valence-corrected chi connectivity index (χ2v) is 15.3. The van der Waals surface area contributed by atoms with Crippen LogP contribution in [-0.4, -0.2) is 5.66 Å². The molecule has 2 aliphatic carbocycles. The van der Waals surface area contributed by atoms with Gasteiger partial charge in [0.2, 0.25) is 0 Å². The molecule has 0 unspecified atom stereocenters. The Hall–Kier alpha value is -2.52. The molecule has 0 bridgehead atoms. The molecule has 5 aromatic carbocycles. The monoisotopic (exact) mass is 658 g/mol. The molecule has 0 saturated heterocycles. The van der Waals surface area contributed by atoms with Crippen molar-refractivity contribution in [2.24, 2.45) is 0 Å². The van der Waals surface area contributed by atoms with Crippen molar-refractivity contribution in [3.05, 3.63) is 214 Å². The summed E-state index contributed by atoms with van der Waals surface area (Å²) in [5.41, 5.74) is 1.71. The summed E-state index contributed by atoms with van der Waals surface area (Å²) in [5.74, 6) is 2.79. The Morgan fingerprint density at radius 3 is 1.29 bits per heavy atom. The Bertz CT molecular complexity index is 1450. The third-order valence-electron chi connectivity index (χ3n) is 7.78. The van der Waals surface area contributed by atoms with E-state index < -0.39 is 15.8 Å². The Kier molecular flexibility index (Phi) is 13.1. The molecule has 10 radical (unpaired) electrons. The second-order valence-electron chi connectivity index (χ2n) is 10.6. The van der Waals surface area contributed by atoms with Gasteiger partial charge in [0.05, 0.1) is 0 Å². The molecule has 5 aromatic rings. The van der Waals surface area contributed by atoms with E-state index in [9.17, 15) is 0 Å². The molecule has 2 fully saturated rings. The van der Waals surface area contributed by atoms with Gasteiger partial charge in [0, 0.05) is 5.92 Å². The van der Waals surface area contributed by atoms with Crippen molar-refractivity contribution in [1.82, 2.24) is 0 Å². The molecule has 0 amide bonds. The van der Waals surface area contributed by atoms with Gasteiger partial charge in [0.1, 0.15) is 0 Å². The molecule has 0 spiro atoms. The number of hydrogen-bond acceptors (Lipinski definition) is 0.